The van der Waals surface area contributed by atoms with Crippen molar-refractivity contribution >= 4 is 15.7 Å². The van der Waals surface area contributed by atoms with E-state index in [0.29, 0.717) is 12.2 Å². The third-order valence-electron chi connectivity index (χ3n) is 3.00. The topological polar surface area (TPSA) is 63.1 Å². The monoisotopic (exact) mass is 293 g/mol. The highest BCUT2D eigenvalue weighted by atomic mass is 32.2. The zero-order valence-corrected chi connectivity index (χ0v) is 12.4. The first-order valence-electron chi connectivity index (χ1n) is 6.48. The lowest BCUT2D eigenvalue weighted by atomic mass is 10.3. The van der Waals surface area contributed by atoms with E-state index in [1.54, 1.807) is 36.5 Å². The number of aromatic nitrogens is 1. The second-order valence-corrected chi connectivity index (χ2v) is 6.14. The maximum atomic E-state index is 12.3. The summed E-state index contributed by atoms with van der Waals surface area (Å²) in [5.74, 6) is 0. The van der Waals surface area contributed by atoms with Crippen LogP contribution in [0.25, 0.3) is 0 Å². The number of hydrogen-bond donors (Lipinski definition) is 2. The van der Waals surface area contributed by atoms with Gasteiger partial charge in [-0.3, -0.25) is 4.72 Å². The van der Waals surface area contributed by atoms with E-state index in [1.807, 2.05) is 24.6 Å². The molecule has 1 aromatic carbocycles. The van der Waals surface area contributed by atoms with Crippen molar-refractivity contribution in [2.75, 3.05) is 11.8 Å². The normalized spacial score (nSPS) is 11.5. The summed E-state index contributed by atoms with van der Waals surface area (Å²) < 4.78 is 29.2. The average Bonchev–Trinajstić information content (AvgIpc) is 2.84. The van der Waals surface area contributed by atoms with Gasteiger partial charge < -0.3 is 9.88 Å². The van der Waals surface area contributed by atoms with Gasteiger partial charge in [-0.05, 0) is 32.2 Å². The molecule has 0 aliphatic heterocycles. The Morgan fingerprint density at radius 3 is 2.50 bits per heavy atom. The van der Waals surface area contributed by atoms with E-state index in [0.717, 1.165) is 12.2 Å². The summed E-state index contributed by atoms with van der Waals surface area (Å²) in [4.78, 5) is 0.286. The Balaban J connectivity index is 2.30. The van der Waals surface area contributed by atoms with Gasteiger partial charge in [0.05, 0.1) is 0 Å². The number of hydrogen-bond acceptors (Lipinski definition) is 3. The molecule has 6 heteroatoms. The van der Waals surface area contributed by atoms with Gasteiger partial charge >= 0.3 is 0 Å². The van der Waals surface area contributed by atoms with Crippen molar-refractivity contribution in [3.8, 4) is 0 Å². The molecule has 0 fully saturated rings. The van der Waals surface area contributed by atoms with E-state index < -0.39 is 10.0 Å². The fraction of sp³-hybridized carbons (Fsp3) is 0.286. The lowest BCUT2D eigenvalue weighted by Gasteiger charge is -2.05. The number of benzene rings is 1. The second kappa shape index (κ2) is 6.11. The number of sulfonamides is 1. The molecule has 0 radical (unpaired) electrons. The Bertz CT molecular complexity index is 663. The van der Waals surface area contributed by atoms with Gasteiger partial charge in [0.25, 0.3) is 10.0 Å². The first-order chi connectivity index (χ1) is 9.56. The minimum absolute atomic E-state index is 0.286. The van der Waals surface area contributed by atoms with Gasteiger partial charge in [0.15, 0.2) is 0 Å². The Labute approximate surface area is 119 Å². The molecule has 1 heterocycles. The summed E-state index contributed by atoms with van der Waals surface area (Å²) in [5.41, 5.74) is 1.51. The standard InChI is InChI=1S/C14H19N3O2S/c1-3-17-11-14(9-13(17)10-15-2)20(18,19)16-12-7-5-4-6-8-12/h4-9,11,15-16H,3,10H2,1-2H3. The highest BCUT2D eigenvalue weighted by Crippen LogP contribution is 2.18. The van der Waals surface area contributed by atoms with Crippen LogP contribution in [-0.4, -0.2) is 20.0 Å². The van der Waals surface area contributed by atoms with E-state index >= 15 is 0 Å². The Morgan fingerprint density at radius 2 is 1.90 bits per heavy atom. The van der Waals surface area contributed by atoms with Crippen LogP contribution in [0.4, 0.5) is 5.69 Å². The van der Waals surface area contributed by atoms with Crippen LogP contribution in [0.2, 0.25) is 0 Å². The van der Waals surface area contributed by atoms with Crippen molar-refractivity contribution < 1.29 is 8.42 Å². The van der Waals surface area contributed by atoms with E-state index in [2.05, 4.69) is 10.0 Å². The Hall–Kier alpha value is -1.79. The maximum absolute atomic E-state index is 12.3. The molecule has 0 spiro atoms. The summed E-state index contributed by atoms with van der Waals surface area (Å²) in [7, 11) is -1.71. The van der Waals surface area contributed by atoms with Gasteiger partial charge in [-0.2, -0.15) is 0 Å². The molecule has 0 bridgehead atoms. The molecule has 0 aliphatic rings. The number of nitrogens with one attached hydrogen (secondary N) is 2. The van der Waals surface area contributed by atoms with Crippen LogP contribution in [0, 0.1) is 0 Å². The zero-order valence-electron chi connectivity index (χ0n) is 11.6. The fourth-order valence-corrected chi connectivity index (χ4v) is 3.14. The van der Waals surface area contributed by atoms with Gasteiger partial charge in [0.1, 0.15) is 4.90 Å². The highest BCUT2D eigenvalue weighted by Gasteiger charge is 2.17. The molecule has 20 heavy (non-hydrogen) atoms. The van der Waals surface area contributed by atoms with Crippen molar-refractivity contribution in [1.82, 2.24) is 9.88 Å². The predicted molar refractivity (Wildman–Crippen MR) is 80.1 cm³/mol. The molecule has 5 nitrogen and oxygen atoms in total. The van der Waals surface area contributed by atoms with Crippen molar-refractivity contribution in [2.45, 2.75) is 24.9 Å². The number of para-hydroxylation sites is 1. The first-order valence-corrected chi connectivity index (χ1v) is 7.96. The van der Waals surface area contributed by atoms with Gasteiger partial charge in [-0.15, -0.1) is 0 Å². The Morgan fingerprint density at radius 1 is 1.20 bits per heavy atom. The van der Waals surface area contributed by atoms with Crippen LogP contribution in [0.3, 0.4) is 0 Å². The van der Waals surface area contributed by atoms with Gasteiger partial charge in [0, 0.05) is 30.7 Å². The average molecular weight is 293 g/mol. The molecule has 108 valence electrons. The number of nitrogens with zero attached hydrogens (tertiary/aromatic N) is 1. The maximum Gasteiger partial charge on any atom is 0.263 e. The summed E-state index contributed by atoms with van der Waals surface area (Å²) in [6.45, 7) is 3.35. The molecule has 0 saturated carbocycles. The van der Waals surface area contributed by atoms with Crippen LogP contribution in [0.5, 0.6) is 0 Å². The summed E-state index contributed by atoms with van der Waals surface area (Å²) in [6, 6.07) is 10.6. The zero-order chi connectivity index (χ0) is 14.6. The van der Waals surface area contributed by atoms with Crippen molar-refractivity contribution in [3.05, 3.63) is 48.3 Å². The molecule has 2 N–H and O–H groups in total. The second-order valence-electron chi connectivity index (χ2n) is 4.46. The van der Waals surface area contributed by atoms with Gasteiger partial charge in [-0.25, -0.2) is 8.42 Å². The quantitative estimate of drug-likeness (QED) is 0.856. The first kappa shape index (κ1) is 14.6. The van der Waals surface area contributed by atoms with Crippen LogP contribution >= 0.6 is 0 Å². The SMILES string of the molecule is CCn1cc(S(=O)(=O)Nc2ccccc2)cc1CNC. The van der Waals surface area contributed by atoms with Crippen LogP contribution < -0.4 is 10.0 Å². The van der Waals surface area contributed by atoms with E-state index in [9.17, 15) is 8.42 Å². The number of aryl methyl sites for hydroxylation is 1. The summed E-state index contributed by atoms with van der Waals surface area (Å²) >= 11 is 0. The lowest BCUT2D eigenvalue weighted by Crippen LogP contribution is -2.12. The molecule has 0 saturated heterocycles. The van der Waals surface area contributed by atoms with E-state index in [1.165, 1.54) is 0 Å². The third kappa shape index (κ3) is 3.20. The molecule has 0 unspecified atom stereocenters. The summed E-state index contributed by atoms with van der Waals surface area (Å²) in [5, 5.41) is 3.04. The molecule has 0 amide bonds. The smallest absolute Gasteiger partial charge is 0.263 e. The molecular formula is C14H19N3O2S. The molecule has 2 rings (SSSR count). The van der Waals surface area contributed by atoms with E-state index in [-0.39, 0.29) is 4.90 Å². The van der Waals surface area contributed by atoms with Crippen LogP contribution in [-0.2, 0) is 23.1 Å². The van der Waals surface area contributed by atoms with E-state index in [4.69, 9.17) is 0 Å². The minimum Gasteiger partial charge on any atom is -0.349 e. The van der Waals surface area contributed by atoms with Crippen molar-refractivity contribution in [1.29, 1.82) is 0 Å². The fourth-order valence-electron chi connectivity index (χ4n) is 2.02. The third-order valence-corrected chi connectivity index (χ3v) is 4.34. The Kier molecular flexibility index (Phi) is 4.46. The van der Waals surface area contributed by atoms with Crippen LogP contribution in [0.15, 0.2) is 47.5 Å². The molecule has 0 aliphatic carbocycles. The number of rotatable bonds is 6. The number of anilines is 1. The molecular weight excluding hydrogens is 274 g/mol. The predicted octanol–water partition coefficient (Wildman–Crippen LogP) is 2.03. The summed E-state index contributed by atoms with van der Waals surface area (Å²) in [6.07, 6.45) is 1.66. The van der Waals surface area contributed by atoms with Gasteiger partial charge in [0.2, 0.25) is 0 Å². The minimum atomic E-state index is -3.54. The van der Waals surface area contributed by atoms with Crippen molar-refractivity contribution in [2.24, 2.45) is 0 Å². The molecule has 0 atom stereocenters. The lowest BCUT2D eigenvalue weighted by molar-refractivity contribution is 0.600. The van der Waals surface area contributed by atoms with Crippen LogP contribution in [0.1, 0.15) is 12.6 Å². The highest BCUT2D eigenvalue weighted by molar-refractivity contribution is 7.92. The largest absolute Gasteiger partial charge is 0.349 e. The van der Waals surface area contributed by atoms with Gasteiger partial charge in [-0.1, -0.05) is 18.2 Å². The molecule has 2 aromatic rings. The molecule has 1 aromatic heterocycles. The van der Waals surface area contributed by atoms with Crippen molar-refractivity contribution in [3.63, 3.8) is 0 Å².